The first-order valence-electron chi connectivity index (χ1n) is 7.38. The topological polar surface area (TPSA) is 55.6 Å². The lowest BCUT2D eigenvalue weighted by Crippen LogP contribution is -2.38. The second-order valence-corrected chi connectivity index (χ2v) is 5.37. The molecule has 2 N–H and O–H groups in total. The highest BCUT2D eigenvalue weighted by Gasteiger charge is 2.20. The van der Waals surface area contributed by atoms with Crippen LogP contribution in [0.15, 0.2) is 18.2 Å². The molecule has 0 radical (unpaired) electrons. The summed E-state index contributed by atoms with van der Waals surface area (Å²) in [6.07, 6.45) is 2.93. The number of benzene rings is 1. The maximum absolute atomic E-state index is 11.5. The van der Waals surface area contributed by atoms with Gasteiger partial charge in [0, 0.05) is 18.8 Å². The summed E-state index contributed by atoms with van der Waals surface area (Å²) >= 11 is 0. The smallest absolute Gasteiger partial charge is 0.322 e. The first kappa shape index (κ1) is 14.9. The Balaban J connectivity index is 1.97. The van der Waals surface area contributed by atoms with Crippen LogP contribution in [0.4, 0.5) is 5.69 Å². The maximum atomic E-state index is 11.5. The Kier molecular flexibility index (Phi) is 5.01. The van der Waals surface area contributed by atoms with Crippen molar-refractivity contribution < 1.29 is 9.53 Å². The van der Waals surface area contributed by atoms with Crippen LogP contribution in [0.1, 0.15) is 30.9 Å². The summed E-state index contributed by atoms with van der Waals surface area (Å²) in [4.78, 5) is 13.9. The van der Waals surface area contributed by atoms with Gasteiger partial charge in [-0.25, -0.2) is 0 Å². The number of rotatable bonds is 5. The highest BCUT2D eigenvalue weighted by Crippen LogP contribution is 2.28. The van der Waals surface area contributed by atoms with Gasteiger partial charge in [-0.1, -0.05) is 17.7 Å². The van der Waals surface area contributed by atoms with E-state index in [1.54, 1.807) is 6.92 Å². The van der Waals surface area contributed by atoms with E-state index < -0.39 is 6.04 Å². The van der Waals surface area contributed by atoms with Gasteiger partial charge in [0.05, 0.1) is 6.61 Å². The average Bonchev–Trinajstić information content (AvgIpc) is 2.44. The van der Waals surface area contributed by atoms with E-state index in [0.29, 0.717) is 13.0 Å². The fourth-order valence-corrected chi connectivity index (χ4v) is 2.70. The zero-order chi connectivity index (χ0) is 14.5. The van der Waals surface area contributed by atoms with Gasteiger partial charge in [0.1, 0.15) is 6.04 Å². The number of fused-ring (bicyclic) bond motifs is 1. The Morgan fingerprint density at radius 3 is 3.05 bits per heavy atom. The van der Waals surface area contributed by atoms with Gasteiger partial charge in [-0.05, 0) is 44.7 Å². The second kappa shape index (κ2) is 6.75. The molecular weight excluding hydrogens is 252 g/mol. The van der Waals surface area contributed by atoms with Crippen molar-refractivity contribution in [1.29, 1.82) is 0 Å². The molecule has 1 aliphatic heterocycles. The highest BCUT2D eigenvalue weighted by atomic mass is 16.5. The van der Waals surface area contributed by atoms with Crippen LogP contribution in [0.5, 0.6) is 0 Å². The van der Waals surface area contributed by atoms with E-state index in [-0.39, 0.29) is 5.97 Å². The molecule has 0 aliphatic carbocycles. The molecule has 1 heterocycles. The van der Waals surface area contributed by atoms with Crippen molar-refractivity contribution in [2.75, 3.05) is 24.6 Å². The normalized spacial score (nSPS) is 15.7. The Morgan fingerprint density at radius 1 is 1.50 bits per heavy atom. The lowest BCUT2D eigenvalue weighted by Gasteiger charge is -2.32. The van der Waals surface area contributed by atoms with Crippen molar-refractivity contribution in [2.45, 2.75) is 39.2 Å². The van der Waals surface area contributed by atoms with E-state index in [9.17, 15) is 4.79 Å². The third-order valence-corrected chi connectivity index (χ3v) is 3.75. The molecule has 0 saturated carbocycles. The lowest BCUT2D eigenvalue weighted by atomic mass is 9.99. The van der Waals surface area contributed by atoms with E-state index >= 15 is 0 Å². The lowest BCUT2D eigenvalue weighted by molar-refractivity contribution is -0.144. The van der Waals surface area contributed by atoms with Gasteiger partial charge in [-0.15, -0.1) is 0 Å². The fraction of sp³-hybridized carbons (Fsp3) is 0.562. The molecule has 0 bridgehead atoms. The molecule has 0 amide bonds. The SMILES string of the molecule is CCOC(=O)C(N)CCN1CCCc2cc(C)ccc21. The first-order valence-corrected chi connectivity index (χ1v) is 7.38. The molecule has 1 aliphatic rings. The molecule has 2 rings (SSSR count). The highest BCUT2D eigenvalue weighted by molar-refractivity contribution is 5.75. The monoisotopic (exact) mass is 276 g/mol. The van der Waals surface area contributed by atoms with Crippen molar-refractivity contribution in [1.82, 2.24) is 0 Å². The predicted molar refractivity (Wildman–Crippen MR) is 80.9 cm³/mol. The Labute approximate surface area is 120 Å². The largest absolute Gasteiger partial charge is 0.465 e. The molecule has 0 fully saturated rings. The van der Waals surface area contributed by atoms with E-state index in [1.165, 1.54) is 16.8 Å². The minimum absolute atomic E-state index is 0.298. The number of esters is 1. The summed E-state index contributed by atoms with van der Waals surface area (Å²) in [5, 5.41) is 0. The molecular formula is C16H24N2O2. The van der Waals surface area contributed by atoms with Gasteiger partial charge in [-0.2, -0.15) is 0 Å². The molecule has 0 spiro atoms. The molecule has 1 aromatic rings. The van der Waals surface area contributed by atoms with E-state index in [1.807, 2.05) is 0 Å². The van der Waals surface area contributed by atoms with Crippen molar-refractivity contribution in [3.05, 3.63) is 29.3 Å². The Bertz CT molecular complexity index is 474. The molecule has 110 valence electrons. The first-order chi connectivity index (χ1) is 9.61. The quantitative estimate of drug-likeness (QED) is 0.836. The number of hydrogen-bond donors (Lipinski definition) is 1. The van der Waals surface area contributed by atoms with Crippen molar-refractivity contribution in [3.63, 3.8) is 0 Å². The van der Waals surface area contributed by atoms with Gasteiger partial charge >= 0.3 is 5.97 Å². The number of anilines is 1. The minimum atomic E-state index is -0.522. The van der Waals surface area contributed by atoms with E-state index in [4.69, 9.17) is 10.5 Å². The van der Waals surface area contributed by atoms with Crippen LogP contribution in [0.3, 0.4) is 0 Å². The van der Waals surface area contributed by atoms with Crippen LogP contribution in [-0.4, -0.2) is 31.7 Å². The van der Waals surface area contributed by atoms with Crippen molar-refractivity contribution in [3.8, 4) is 0 Å². The zero-order valence-electron chi connectivity index (χ0n) is 12.4. The Hall–Kier alpha value is -1.55. The summed E-state index contributed by atoms with van der Waals surface area (Å²) in [6.45, 7) is 6.14. The third kappa shape index (κ3) is 3.51. The molecule has 1 aromatic carbocycles. The molecule has 4 nitrogen and oxygen atoms in total. The summed E-state index contributed by atoms with van der Waals surface area (Å²) in [5.41, 5.74) is 9.86. The molecule has 4 heteroatoms. The number of nitrogens with zero attached hydrogens (tertiary/aromatic N) is 1. The van der Waals surface area contributed by atoms with Crippen molar-refractivity contribution in [2.24, 2.45) is 5.73 Å². The predicted octanol–water partition coefficient (Wildman–Crippen LogP) is 2.03. The van der Waals surface area contributed by atoms with Gasteiger partial charge < -0.3 is 15.4 Å². The van der Waals surface area contributed by atoms with Crippen molar-refractivity contribution >= 4 is 11.7 Å². The van der Waals surface area contributed by atoms with E-state index in [2.05, 4.69) is 30.0 Å². The van der Waals surface area contributed by atoms with Gasteiger partial charge in [0.25, 0.3) is 0 Å². The van der Waals surface area contributed by atoms with E-state index in [0.717, 1.165) is 25.9 Å². The van der Waals surface area contributed by atoms with Gasteiger partial charge in [-0.3, -0.25) is 4.79 Å². The van der Waals surface area contributed by atoms with Gasteiger partial charge in [0.15, 0.2) is 0 Å². The van der Waals surface area contributed by atoms with Crippen LogP contribution in [0, 0.1) is 6.92 Å². The molecule has 0 saturated heterocycles. The summed E-state index contributed by atoms with van der Waals surface area (Å²) in [6, 6.07) is 6.06. The second-order valence-electron chi connectivity index (χ2n) is 5.37. The molecule has 0 aromatic heterocycles. The number of hydrogen-bond acceptors (Lipinski definition) is 4. The molecule has 20 heavy (non-hydrogen) atoms. The number of carbonyl (C=O) groups excluding carboxylic acids is 1. The van der Waals surface area contributed by atoms with Crippen LogP contribution in [0.25, 0.3) is 0 Å². The number of aryl methyl sites for hydroxylation is 2. The summed E-state index contributed by atoms with van der Waals surface area (Å²) < 4.78 is 4.95. The van der Waals surface area contributed by atoms with Gasteiger partial charge in [0.2, 0.25) is 0 Å². The molecule has 1 unspecified atom stereocenters. The number of carbonyl (C=O) groups is 1. The zero-order valence-corrected chi connectivity index (χ0v) is 12.4. The summed E-state index contributed by atoms with van der Waals surface area (Å²) in [5.74, 6) is -0.298. The third-order valence-electron chi connectivity index (χ3n) is 3.75. The fourth-order valence-electron chi connectivity index (χ4n) is 2.70. The minimum Gasteiger partial charge on any atom is -0.465 e. The number of ether oxygens (including phenoxy) is 1. The van der Waals surface area contributed by atoms with Crippen LogP contribution < -0.4 is 10.6 Å². The molecule has 1 atom stereocenters. The Morgan fingerprint density at radius 2 is 2.30 bits per heavy atom. The number of nitrogens with two attached hydrogens (primary N) is 1. The average molecular weight is 276 g/mol. The van der Waals surface area contributed by atoms with Crippen LogP contribution in [-0.2, 0) is 16.0 Å². The van der Waals surface area contributed by atoms with Crippen LogP contribution in [0.2, 0.25) is 0 Å². The summed E-state index contributed by atoms with van der Waals surface area (Å²) in [7, 11) is 0. The van der Waals surface area contributed by atoms with Crippen LogP contribution >= 0.6 is 0 Å². The maximum Gasteiger partial charge on any atom is 0.322 e. The standard InChI is InChI=1S/C16H24N2O2/c1-3-20-16(19)14(17)8-10-18-9-4-5-13-11-12(2)6-7-15(13)18/h6-7,11,14H,3-5,8-10,17H2,1-2H3.